The van der Waals surface area contributed by atoms with Crippen molar-refractivity contribution in [2.45, 2.75) is 45.7 Å². The Bertz CT molecular complexity index is 557. The van der Waals surface area contributed by atoms with Crippen LogP contribution in [-0.2, 0) is 4.79 Å². The standard InChI is InChI=1S/C18H27N3O2.ClH/c1-12(2)16(18(23)20-15-8-5-9-19-11-15)21-17(22)14-7-4-6-13(3)10-14;/h4,6-7,10,12,15-16,19H,5,8-9,11H2,1-3H3,(H,20,23)(H,21,22);1H/t15-,16?;/m0./s1. The number of rotatable bonds is 5. The highest BCUT2D eigenvalue weighted by molar-refractivity contribution is 5.97. The molecule has 1 unspecified atom stereocenters. The number of hydrogen-bond donors (Lipinski definition) is 3. The van der Waals surface area contributed by atoms with Crippen LogP contribution in [-0.4, -0.2) is 37.0 Å². The van der Waals surface area contributed by atoms with Gasteiger partial charge in [-0.15, -0.1) is 12.4 Å². The van der Waals surface area contributed by atoms with E-state index in [2.05, 4.69) is 16.0 Å². The van der Waals surface area contributed by atoms with E-state index in [1.165, 1.54) is 0 Å². The molecule has 6 heteroatoms. The summed E-state index contributed by atoms with van der Waals surface area (Å²) in [5.41, 5.74) is 1.61. The molecule has 0 aliphatic carbocycles. The van der Waals surface area contributed by atoms with Gasteiger partial charge in [0.1, 0.15) is 6.04 Å². The van der Waals surface area contributed by atoms with Crippen LogP contribution in [0, 0.1) is 12.8 Å². The second kappa shape index (κ2) is 9.64. The first-order valence-corrected chi connectivity index (χ1v) is 8.36. The Morgan fingerprint density at radius 3 is 2.62 bits per heavy atom. The summed E-state index contributed by atoms with van der Waals surface area (Å²) in [5, 5.41) is 9.21. The zero-order valence-electron chi connectivity index (χ0n) is 14.6. The van der Waals surface area contributed by atoms with Crippen LogP contribution >= 0.6 is 12.4 Å². The Morgan fingerprint density at radius 2 is 2.04 bits per heavy atom. The van der Waals surface area contributed by atoms with E-state index in [-0.39, 0.29) is 36.2 Å². The second-order valence-electron chi connectivity index (χ2n) is 6.62. The molecule has 0 aromatic heterocycles. The molecule has 1 aliphatic heterocycles. The van der Waals surface area contributed by atoms with Gasteiger partial charge in [-0.1, -0.05) is 31.5 Å². The third-order valence-electron chi connectivity index (χ3n) is 4.16. The number of carbonyl (C=O) groups excluding carboxylic acids is 2. The predicted octanol–water partition coefficient (Wildman–Crippen LogP) is 2.04. The number of nitrogens with one attached hydrogen (secondary N) is 3. The van der Waals surface area contributed by atoms with E-state index >= 15 is 0 Å². The number of benzene rings is 1. The molecule has 1 aromatic carbocycles. The Kier molecular flexibility index (Phi) is 8.22. The smallest absolute Gasteiger partial charge is 0.251 e. The average Bonchev–Trinajstić information content (AvgIpc) is 2.52. The van der Waals surface area contributed by atoms with Gasteiger partial charge in [-0.2, -0.15) is 0 Å². The zero-order valence-corrected chi connectivity index (χ0v) is 15.4. The topological polar surface area (TPSA) is 70.2 Å². The van der Waals surface area contributed by atoms with Gasteiger partial charge in [-0.25, -0.2) is 0 Å². The summed E-state index contributed by atoms with van der Waals surface area (Å²) in [6.07, 6.45) is 2.04. The molecular weight excluding hydrogens is 326 g/mol. The van der Waals surface area contributed by atoms with E-state index in [9.17, 15) is 9.59 Å². The fraction of sp³-hybridized carbons (Fsp3) is 0.556. The Hall–Kier alpha value is -1.59. The van der Waals surface area contributed by atoms with Crippen LogP contribution < -0.4 is 16.0 Å². The molecule has 3 N–H and O–H groups in total. The van der Waals surface area contributed by atoms with Gasteiger partial charge in [0.2, 0.25) is 5.91 Å². The van der Waals surface area contributed by atoms with Gasteiger partial charge in [-0.05, 0) is 44.4 Å². The molecule has 5 nitrogen and oxygen atoms in total. The fourth-order valence-electron chi connectivity index (χ4n) is 2.81. The van der Waals surface area contributed by atoms with Crippen LogP contribution in [0.2, 0.25) is 0 Å². The van der Waals surface area contributed by atoms with Gasteiger partial charge in [0.25, 0.3) is 5.91 Å². The summed E-state index contributed by atoms with van der Waals surface area (Å²) in [6.45, 7) is 7.63. The largest absolute Gasteiger partial charge is 0.350 e. The van der Waals surface area contributed by atoms with Gasteiger partial charge in [0.05, 0.1) is 0 Å². The minimum Gasteiger partial charge on any atom is -0.350 e. The number of aryl methyl sites for hydroxylation is 1. The van der Waals surface area contributed by atoms with Crippen LogP contribution in [0.5, 0.6) is 0 Å². The normalized spacial score (nSPS) is 18.4. The number of halogens is 1. The van der Waals surface area contributed by atoms with E-state index in [0.717, 1.165) is 31.5 Å². The van der Waals surface area contributed by atoms with E-state index in [1.807, 2.05) is 39.0 Å². The molecule has 1 fully saturated rings. The van der Waals surface area contributed by atoms with Crippen molar-refractivity contribution in [1.29, 1.82) is 0 Å². The molecule has 0 spiro atoms. The van der Waals surface area contributed by atoms with Crippen molar-refractivity contribution in [2.75, 3.05) is 13.1 Å². The summed E-state index contributed by atoms with van der Waals surface area (Å²) < 4.78 is 0. The summed E-state index contributed by atoms with van der Waals surface area (Å²) in [6, 6.07) is 7.01. The summed E-state index contributed by atoms with van der Waals surface area (Å²) in [4.78, 5) is 24.9. The first kappa shape index (κ1) is 20.5. The molecule has 0 radical (unpaired) electrons. The third-order valence-corrected chi connectivity index (χ3v) is 4.16. The van der Waals surface area contributed by atoms with Gasteiger partial charge >= 0.3 is 0 Å². The van der Waals surface area contributed by atoms with E-state index in [1.54, 1.807) is 6.07 Å². The quantitative estimate of drug-likeness (QED) is 0.758. The molecule has 134 valence electrons. The van der Waals surface area contributed by atoms with E-state index in [4.69, 9.17) is 0 Å². The molecule has 0 bridgehead atoms. The molecule has 2 atom stereocenters. The van der Waals surface area contributed by atoms with Crippen molar-refractivity contribution in [3.63, 3.8) is 0 Å². The number of hydrogen-bond acceptors (Lipinski definition) is 3. The third kappa shape index (κ3) is 5.80. The fourth-order valence-corrected chi connectivity index (χ4v) is 2.81. The lowest BCUT2D eigenvalue weighted by Crippen LogP contribution is -2.54. The summed E-state index contributed by atoms with van der Waals surface area (Å²) >= 11 is 0. The molecule has 2 amide bonds. The van der Waals surface area contributed by atoms with Crippen LogP contribution in [0.1, 0.15) is 42.6 Å². The maximum atomic E-state index is 12.5. The average molecular weight is 354 g/mol. The SMILES string of the molecule is Cc1cccc(C(=O)NC(C(=O)N[C@H]2CCCNC2)C(C)C)c1.Cl. The summed E-state index contributed by atoms with van der Waals surface area (Å²) in [5.74, 6) is -0.278. The maximum Gasteiger partial charge on any atom is 0.251 e. The van der Waals surface area contributed by atoms with Crippen LogP contribution in [0.25, 0.3) is 0 Å². The molecular formula is C18H28ClN3O2. The van der Waals surface area contributed by atoms with E-state index in [0.29, 0.717) is 5.56 Å². The lowest BCUT2D eigenvalue weighted by Gasteiger charge is -2.28. The minimum absolute atomic E-state index is 0. The molecule has 2 rings (SSSR count). The van der Waals surface area contributed by atoms with Crippen molar-refractivity contribution in [2.24, 2.45) is 5.92 Å². The first-order chi connectivity index (χ1) is 11.0. The highest BCUT2D eigenvalue weighted by atomic mass is 35.5. The number of amides is 2. The first-order valence-electron chi connectivity index (χ1n) is 8.36. The van der Waals surface area contributed by atoms with Gasteiger partial charge in [0.15, 0.2) is 0 Å². The Balaban J connectivity index is 0.00000288. The van der Waals surface area contributed by atoms with Crippen molar-refractivity contribution in [3.8, 4) is 0 Å². The van der Waals surface area contributed by atoms with Gasteiger partial charge in [0, 0.05) is 18.2 Å². The van der Waals surface area contributed by atoms with Crippen molar-refractivity contribution < 1.29 is 9.59 Å². The van der Waals surface area contributed by atoms with Crippen molar-refractivity contribution >= 4 is 24.2 Å². The molecule has 1 saturated heterocycles. The summed E-state index contributed by atoms with van der Waals surface area (Å²) in [7, 11) is 0. The van der Waals surface area contributed by atoms with Crippen molar-refractivity contribution in [3.05, 3.63) is 35.4 Å². The highest BCUT2D eigenvalue weighted by Gasteiger charge is 2.27. The van der Waals surface area contributed by atoms with Gasteiger partial charge in [-0.3, -0.25) is 9.59 Å². The van der Waals surface area contributed by atoms with Gasteiger partial charge < -0.3 is 16.0 Å². The van der Waals surface area contributed by atoms with Crippen LogP contribution in [0.4, 0.5) is 0 Å². The number of piperidine rings is 1. The molecule has 0 saturated carbocycles. The predicted molar refractivity (Wildman–Crippen MR) is 98.6 cm³/mol. The monoisotopic (exact) mass is 353 g/mol. The molecule has 24 heavy (non-hydrogen) atoms. The lowest BCUT2D eigenvalue weighted by molar-refractivity contribution is -0.124. The maximum absolute atomic E-state index is 12.5. The van der Waals surface area contributed by atoms with Crippen LogP contribution in [0.15, 0.2) is 24.3 Å². The minimum atomic E-state index is -0.523. The van der Waals surface area contributed by atoms with Crippen LogP contribution in [0.3, 0.4) is 0 Å². The second-order valence-corrected chi connectivity index (χ2v) is 6.62. The Labute approximate surface area is 150 Å². The number of carbonyl (C=O) groups is 2. The van der Waals surface area contributed by atoms with E-state index < -0.39 is 6.04 Å². The van der Waals surface area contributed by atoms with Crippen molar-refractivity contribution in [1.82, 2.24) is 16.0 Å². The molecule has 1 heterocycles. The Morgan fingerprint density at radius 1 is 1.29 bits per heavy atom. The highest BCUT2D eigenvalue weighted by Crippen LogP contribution is 2.09. The lowest BCUT2D eigenvalue weighted by atomic mass is 10.0. The zero-order chi connectivity index (χ0) is 16.8. The molecule has 1 aliphatic rings. The molecule has 1 aromatic rings.